The van der Waals surface area contributed by atoms with Crippen LogP contribution in [0.25, 0.3) is 10.9 Å². The first-order valence-corrected chi connectivity index (χ1v) is 6.21. The van der Waals surface area contributed by atoms with Crippen molar-refractivity contribution in [1.82, 2.24) is 9.97 Å². The summed E-state index contributed by atoms with van der Waals surface area (Å²) in [5.74, 6) is 0.490. The summed E-state index contributed by atoms with van der Waals surface area (Å²) in [6.45, 7) is 0. The van der Waals surface area contributed by atoms with Crippen LogP contribution in [0.5, 0.6) is 0 Å². The molecule has 0 aliphatic carbocycles. The maximum atomic E-state index is 11.5. The highest BCUT2D eigenvalue weighted by Crippen LogP contribution is 2.21. The second-order valence-electron chi connectivity index (χ2n) is 4.03. The predicted molar refractivity (Wildman–Crippen MR) is 71.8 cm³/mol. The topological polar surface area (TPSA) is 86.2 Å². The van der Waals surface area contributed by atoms with Gasteiger partial charge in [-0.05, 0) is 29.9 Å². The second-order valence-corrected chi connectivity index (χ2v) is 4.48. The molecule has 6 heteroatoms. The lowest BCUT2D eigenvalue weighted by molar-refractivity contribution is 0.0173. The van der Waals surface area contributed by atoms with Gasteiger partial charge in [0.05, 0.1) is 23.3 Å². The molecule has 1 heterocycles. The van der Waals surface area contributed by atoms with Crippen LogP contribution in [0.4, 0.5) is 0 Å². The molecule has 0 saturated carbocycles. The SMILES string of the molecule is O=c1[nH]cnc2cc(C(O)C(O)CCS)ccc12. The largest absolute Gasteiger partial charge is 0.390 e. The first-order valence-electron chi connectivity index (χ1n) is 5.58. The fourth-order valence-electron chi connectivity index (χ4n) is 1.78. The van der Waals surface area contributed by atoms with E-state index >= 15 is 0 Å². The van der Waals surface area contributed by atoms with Crippen LogP contribution in [0.1, 0.15) is 18.1 Å². The van der Waals surface area contributed by atoms with Gasteiger partial charge in [0.1, 0.15) is 6.10 Å². The van der Waals surface area contributed by atoms with Crippen molar-refractivity contribution in [2.24, 2.45) is 0 Å². The lowest BCUT2D eigenvalue weighted by Gasteiger charge is -2.17. The molecule has 2 aromatic rings. The summed E-state index contributed by atoms with van der Waals surface area (Å²) < 4.78 is 0. The van der Waals surface area contributed by atoms with Gasteiger partial charge in [0, 0.05) is 0 Å². The summed E-state index contributed by atoms with van der Waals surface area (Å²) in [7, 11) is 0. The highest BCUT2D eigenvalue weighted by Gasteiger charge is 2.18. The number of aliphatic hydroxyl groups excluding tert-OH is 2. The molecule has 2 rings (SSSR count). The van der Waals surface area contributed by atoms with Gasteiger partial charge in [-0.1, -0.05) is 6.07 Å². The molecule has 0 radical (unpaired) electrons. The van der Waals surface area contributed by atoms with E-state index in [9.17, 15) is 15.0 Å². The Bertz CT molecular complexity index is 599. The molecule has 18 heavy (non-hydrogen) atoms. The van der Waals surface area contributed by atoms with Crippen LogP contribution >= 0.6 is 12.6 Å². The first kappa shape index (κ1) is 13.1. The quantitative estimate of drug-likeness (QED) is 0.612. The molecule has 3 N–H and O–H groups in total. The average molecular weight is 266 g/mol. The van der Waals surface area contributed by atoms with E-state index in [1.807, 2.05) is 0 Å². The zero-order valence-electron chi connectivity index (χ0n) is 9.58. The highest BCUT2D eigenvalue weighted by molar-refractivity contribution is 7.80. The Morgan fingerprint density at radius 2 is 2.17 bits per heavy atom. The van der Waals surface area contributed by atoms with Gasteiger partial charge in [0.25, 0.3) is 5.56 Å². The van der Waals surface area contributed by atoms with E-state index in [4.69, 9.17) is 0 Å². The average Bonchev–Trinajstić information content (AvgIpc) is 2.38. The van der Waals surface area contributed by atoms with Crippen molar-refractivity contribution < 1.29 is 10.2 Å². The monoisotopic (exact) mass is 266 g/mol. The standard InChI is InChI=1S/C12H14N2O3S/c15-10(3-4-18)11(16)7-1-2-8-9(5-7)13-6-14-12(8)17/h1-2,5-6,10-11,15-16,18H,3-4H2,(H,13,14,17). The Morgan fingerprint density at radius 1 is 1.39 bits per heavy atom. The van der Waals surface area contributed by atoms with Gasteiger partial charge >= 0.3 is 0 Å². The highest BCUT2D eigenvalue weighted by atomic mass is 32.1. The molecule has 0 aliphatic heterocycles. The van der Waals surface area contributed by atoms with Crippen molar-refractivity contribution in [1.29, 1.82) is 0 Å². The zero-order chi connectivity index (χ0) is 13.1. The molecule has 2 unspecified atom stereocenters. The number of aliphatic hydroxyl groups is 2. The third kappa shape index (κ3) is 2.55. The lowest BCUT2D eigenvalue weighted by Crippen LogP contribution is -2.19. The van der Waals surface area contributed by atoms with Gasteiger partial charge in [0.2, 0.25) is 0 Å². The van der Waals surface area contributed by atoms with Crippen LogP contribution in [-0.2, 0) is 0 Å². The number of thiol groups is 1. The number of H-pyrrole nitrogens is 1. The molecule has 0 spiro atoms. The van der Waals surface area contributed by atoms with Crippen LogP contribution in [0, 0.1) is 0 Å². The molecule has 1 aromatic carbocycles. The number of fused-ring (bicyclic) bond motifs is 1. The first-order chi connectivity index (χ1) is 8.63. The second kappa shape index (κ2) is 5.51. The molecule has 1 aromatic heterocycles. The van der Waals surface area contributed by atoms with Crippen molar-refractivity contribution in [3.63, 3.8) is 0 Å². The number of benzene rings is 1. The van der Waals surface area contributed by atoms with Crippen LogP contribution < -0.4 is 5.56 Å². The summed E-state index contributed by atoms with van der Waals surface area (Å²) in [5.41, 5.74) is 0.806. The number of aromatic nitrogens is 2. The van der Waals surface area contributed by atoms with Gasteiger partial charge in [-0.3, -0.25) is 4.79 Å². The number of aromatic amines is 1. The van der Waals surface area contributed by atoms with Gasteiger partial charge in [-0.15, -0.1) is 0 Å². The summed E-state index contributed by atoms with van der Waals surface area (Å²) >= 11 is 4.01. The number of nitrogens with one attached hydrogen (secondary N) is 1. The third-order valence-electron chi connectivity index (χ3n) is 2.80. The minimum absolute atomic E-state index is 0.225. The molecule has 0 amide bonds. The molecule has 0 aliphatic rings. The normalized spacial score (nSPS) is 14.6. The van der Waals surface area contributed by atoms with Crippen LogP contribution in [0.2, 0.25) is 0 Å². The molecule has 2 atom stereocenters. The number of hydrogen-bond donors (Lipinski definition) is 4. The smallest absolute Gasteiger partial charge is 0.258 e. The maximum absolute atomic E-state index is 11.5. The van der Waals surface area contributed by atoms with E-state index < -0.39 is 12.2 Å². The number of hydrogen-bond acceptors (Lipinski definition) is 5. The summed E-state index contributed by atoms with van der Waals surface area (Å²) in [6, 6.07) is 4.82. The minimum Gasteiger partial charge on any atom is -0.390 e. The molecule has 0 bridgehead atoms. The molecule has 0 saturated heterocycles. The van der Waals surface area contributed by atoms with Crippen molar-refractivity contribution >= 4 is 23.5 Å². The Hall–Kier alpha value is -1.37. The van der Waals surface area contributed by atoms with E-state index in [0.717, 1.165) is 0 Å². The maximum Gasteiger partial charge on any atom is 0.258 e. The summed E-state index contributed by atoms with van der Waals surface area (Å²) in [6.07, 6.45) is -0.166. The van der Waals surface area contributed by atoms with Gasteiger partial charge in [-0.25, -0.2) is 4.98 Å². The molecule has 96 valence electrons. The Labute approximate surface area is 109 Å². The van der Waals surface area contributed by atoms with Gasteiger partial charge in [0.15, 0.2) is 0 Å². The van der Waals surface area contributed by atoms with Crippen LogP contribution in [0.15, 0.2) is 29.3 Å². The van der Waals surface area contributed by atoms with Crippen molar-refractivity contribution in [3.05, 3.63) is 40.4 Å². The molecular formula is C12H14N2O3S. The van der Waals surface area contributed by atoms with Crippen LogP contribution in [0.3, 0.4) is 0 Å². The van der Waals surface area contributed by atoms with Gasteiger partial charge in [-0.2, -0.15) is 12.6 Å². The molecule has 5 nitrogen and oxygen atoms in total. The minimum atomic E-state index is -0.998. The fraction of sp³-hybridized carbons (Fsp3) is 0.333. The third-order valence-corrected chi connectivity index (χ3v) is 3.05. The van der Waals surface area contributed by atoms with E-state index in [1.165, 1.54) is 6.33 Å². The Morgan fingerprint density at radius 3 is 2.89 bits per heavy atom. The van der Waals surface area contributed by atoms with E-state index in [1.54, 1.807) is 18.2 Å². The van der Waals surface area contributed by atoms with Crippen molar-refractivity contribution in [2.75, 3.05) is 5.75 Å². The van der Waals surface area contributed by atoms with Gasteiger partial charge < -0.3 is 15.2 Å². The number of nitrogens with zero attached hydrogens (tertiary/aromatic N) is 1. The summed E-state index contributed by atoms with van der Waals surface area (Å²) in [4.78, 5) is 18.0. The van der Waals surface area contributed by atoms with Crippen LogP contribution in [-0.4, -0.2) is 32.0 Å². The summed E-state index contributed by atoms with van der Waals surface area (Å²) in [5, 5.41) is 20.1. The van der Waals surface area contributed by atoms with E-state index in [-0.39, 0.29) is 5.56 Å². The van der Waals surface area contributed by atoms with Crippen molar-refractivity contribution in [3.8, 4) is 0 Å². The number of rotatable bonds is 4. The Balaban J connectivity index is 2.38. The molecule has 0 fully saturated rings. The predicted octanol–water partition coefficient (Wildman–Crippen LogP) is 0.637. The molecular weight excluding hydrogens is 252 g/mol. The Kier molecular flexibility index (Phi) is 4.00. The van der Waals surface area contributed by atoms with E-state index in [2.05, 4.69) is 22.6 Å². The van der Waals surface area contributed by atoms with E-state index in [0.29, 0.717) is 28.6 Å². The zero-order valence-corrected chi connectivity index (χ0v) is 10.5. The lowest BCUT2D eigenvalue weighted by atomic mass is 10.0. The fourth-order valence-corrected chi connectivity index (χ4v) is 2.05. The van der Waals surface area contributed by atoms with Crippen molar-refractivity contribution in [2.45, 2.75) is 18.6 Å².